The summed E-state index contributed by atoms with van der Waals surface area (Å²) in [4.78, 5) is 2.17. The first-order valence-electron chi connectivity index (χ1n) is 3.72. The minimum Gasteiger partial charge on any atom is -0.411 e. The Labute approximate surface area is 81.6 Å². The number of rotatable bonds is 2. The molecule has 0 aromatic rings. The third-order valence-corrected chi connectivity index (χ3v) is 5.40. The average molecular weight is 206 g/mol. The zero-order valence-corrected chi connectivity index (χ0v) is 9.15. The lowest BCUT2D eigenvalue weighted by atomic mass is 10.2. The highest BCUT2D eigenvalue weighted by Crippen LogP contribution is 2.45. The van der Waals surface area contributed by atoms with E-state index in [1.165, 1.54) is 0 Å². The lowest BCUT2D eigenvalue weighted by Crippen LogP contribution is -2.24. The molecule has 70 valence electrons. The molecule has 0 unspecified atom stereocenters. The van der Waals surface area contributed by atoms with Crippen LogP contribution >= 0.6 is 23.5 Å². The molecule has 0 aromatic carbocycles. The summed E-state index contributed by atoms with van der Waals surface area (Å²) in [5.74, 6) is 1.00. The molecule has 1 rings (SSSR count). The molecule has 0 spiro atoms. The van der Waals surface area contributed by atoms with Crippen LogP contribution in [0, 0.1) is 0 Å². The molecule has 0 bridgehead atoms. The molecule has 1 N–H and O–H groups in total. The number of oxime groups is 1. The maximum Gasteiger partial charge on any atom is 0.103 e. The molecule has 3 nitrogen and oxygen atoms in total. The molecule has 12 heavy (non-hydrogen) atoms. The molecule has 1 fully saturated rings. The number of thioether (sulfide) groups is 2. The molecule has 5 heteroatoms. The van der Waals surface area contributed by atoms with Crippen LogP contribution in [-0.4, -0.2) is 45.6 Å². The summed E-state index contributed by atoms with van der Waals surface area (Å²) in [5.41, 5.74) is 0. The predicted octanol–water partition coefficient (Wildman–Crippen LogP) is 1.53. The number of nitrogens with zero attached hydrogens (tertiary/aromatic N) is 2. The number of hydrogen-bond acceptors (Lipinski definition) is 5. The van der Waals surface area contributed by atoms with Gasteiger partial charge in [-0.25, -0.2) is 0 Å². The fourth-order valence-electron chi connectivity index (χ4n) is 0.979. The van der Waals surface area contributed by atoms with E-state index in [2.05, 4.69) is 31.1 Å². The van der Waals surface area contributed by atoms with Crippen molar-refractivity contribution in [2.24, 2.45) is 5.16 Å². The van der Waals surface area contributed by atoms with Gasteiger partial charge >= 0.3 is 0 Å². The molecule has 0 amide bonds. The van der Waals surface area contributed by atoms with Gasteiger partial charge in [0.15, 0.2) is 0 Å². The molecule has 1 aliphatic heterocycles. The van der Waals surface area contributed by atoms with Crippen molar-refractivity contribution in [1.82, 2.24) is 4.90 Å². The SMILES string of the molecule is CN(C)[C@H]1SC[C@](C)(/C=N\O)S1. The second kappa shape index (κ2) is 3.89. The molecule has 2 atom stereocenters. The first-order chi connectivity index (χ1) is 5.57. The van der Waals surface area contributed by atoms with E-state index in [0.29, 0.717) is 4.71 Å². The Balaban J connectivity index is 2.54. The van der Waals surface area contributed by atoms with Crippen molar-refractivity contribution in [3.05, 3.63) is 0 Å². The zero-order valence-electron chi connectivity index (χ0n) is 7.52. The van der Waals surface area contributed by atoms with E-state index < -0.39 is 0 Å². The van der Waals surface area contributed by atoms with Crippen molar-refractivity contribution < 1.29 is 5.21 Å². The van der Waals surface area contributed by atoms with Crippen molar-refractivity contribution in [1.29, 1.82) is 0 Å². The van der Waals surface area contributed by atoms with Crippen LogP contribution in [0.5, 0.6) is 0 Å². The van der Waals surface area contributed by atoms with Gasteiger partial charge in [0.1, 0.15) is 4.71 Å². The first kappa shape index (κ1) is 10.2. The van der Waals surface area contributed by atoms with Gasteiger partial charge in [-0.1, -0.05) is 0 Å². The minimum atomic E-state index is -0.00560. The molecule has 1 aliphatic rings. The first-order valence-corrected chi connectivity index (χ1v) is 5.65. The monoisotopic (exact) mass is 206 g/mol. The highest BCUT2D eigenvalue weighted by Gasteiger charge is 2.36. The second-order valence-corrected chi connectivity index (χ2v) is 6.24. The molecular weight excluding hydrogens is 192 g/mol. The van der Waals surface area contributed by atoms with Crippen molar-refractivity contribution in [2.45, 2.75) is 16.4 Å². The predicted molar refractivity (Wildman–Crippen MR) is 56.2 cm³/mol. The van der Waals surface area contributed by atoms with Crippen molar-refractivity contribution in [3.8, 4) is 0 Å². The summed E-state index contributed by atoms with van der Waals surface area (Å²) in [7, 11) is 4.12. The Hall–Kier alpha value is 0.130. The second-order valence-electron chi connectivity index (χ2n) is 3.26. The van der Waals surface area contributed by atoms with Gasteiger partial charge < -0.3 is 5.21 Å². The van der Waals surface area contributed by atoms with Crippen LogP contribution in [0.25, 0.3) is 0 Å². The summed E-state index contributed by atoms with van der Waals surface area (Å²) >= 11 is 3.71. The topological polar surface area (TPSA) is 35.8 Å². The van der Waals surface area contributed by atoms with Gasteiger partial charge in [0.05, 0.1) is 11.0 Å². The molecule has 1 saturated heterocycles. The molecule has 0 aromatic heterocycles. The fourth-order valence-corrected chi connectivity index (χ4v) is 4.22. The standard InChI is InChI=1S/C7H14N2OS2/c1-7(4-8-10)5-11-6(12-7)9(2)3/h4,6,10H,5H2,1-3H3/b8-4-/t6-,7-/m0/s1. The Morgan fingerprint density at radius 1 is 1.67 bits per heavy atom. The lowest BCUT2D eigenvalue weighted by Gasteiger charge is -2.19. The van der Waals surface area contributed by atoms with E-state index in [0.717, 1.165) is 5.75 Å². The van der Waals surface area contributed by atoms with Crippen molar-refractivity contribution in [3.63, 3.8) is 0 Å². The summed E-state index contributed by atoms with van der Waals surface area (Å²) < 4.78 is 0.474. The van der Waals surface area contributed by atoms with Gasteiger partial charge in [0.2, 0.25) is 0 Å². The van der Waals surface area contributed by atoms with E-state index in [9.17, 15) is 0 Å². The van der Waals surface area contributed by atoms with Gasteiger partial charge in [0, 0.05) is 5.75 Å². The molecule has 1 heterocycles. The van der Waals surface area contributed by atoms with Crippen LogP contribution in [0.1, 0.15) is 6.92 Å². The Kier molecular flexibility index (Phi) is 3.31. The summed E-state index contributed by atoms with van der Waals surface area (Å²) in [6.07, 6.45) is 1.62. The highest BCUT2D eigenvalue weighted by molar-refractivity contribution is 8.21. The fraction of sp³-hybridized carbons (Fsp3) is 0.857. The zero-order chi connectivity index (χ0) is 9.19. The van der Waals surface area contributed by atoms with Gasteiger partial charge in [-0.15, -0.1) is 28.7 Å². The van der Waals surface area contributed by atoms with Crippen molar-refractivity contribution >= 4 is 29.7 Å². The van der Waals surface area contributed by atoms with Crippen LogP contribution in [-0.2, 0) is 0 Å². The molecular formula is C7H14N2OS2. The maximum atomic E-state index is 8.45. The average Bonchev–Trinajstić information content (AvgIpc) is 2.33. The Morgan fingerprint density at radius 3 is 2.75 bits per heavy atom. The molecule has 0 aliphatic carbocycles. The van der Waals surface area contributed by atoms with Crippen LogP contribution in [0.3, 0.4) is 0 Å². The van der Waals surface area contributed by atoms with E-state index in [1.54, 1.807) is 6.21 Å². The minimum absolute atomic E-state index is 0.00560. The number of hydrogen-bond donors (Lipinski definition) is 1. The smallest absolute Gasteiger partial charge is 0.103 e. The largest absolute Gasteiger partial charge is 0.411 e. The van der Waals surface area contributed by atoms with Crippen LogP contribution < -0.4 is 0 Å². The van der Waals surface area contributed by atoms with E-state index in [1.807, 2.05) is 23.5 Å². The van der Waals surface area contributed by atoms with E-state index in [-0.39, 0.29) is 4.75 Å². The van der Waals surface area contributed by atoms with Gasteiger partial charge in [-0.2, -0.15) is 0 Å². The summed E-state index contributed by atoms with van der Waals surface area (Å²) in [6.45, 7) is 2.09. The van der Waals surface area contributed by atoms with Crippen LogP contribution in [0.4, 0.5) is 0 Å². The van der Waals surface area contributed by atoms with Crippen molar-refractivity contribution in [2.75, 3.05) is 19.8 Å². The molecule has 0 radical (unpaired) electrons. The Bertz CT molecular complexity index is 186. The van der Waals surface area contributed by atoms with E-state index in [4.69, 9.17) is 5.21 Å². The Morgan fingerprint density at radius 2 is 2.33 bits per heavy atom. The quantitative estimate of drug-likeness (QED) is 0.422. The van der Waals surface area contributed by atoms with Crippen LogP contribution in [0.15, 0.2) is 5.16 Å². The third kappa shape index (κ3) is 2.31. The van der Waals surface area contributed by atoms with Gasteiger partial charge in [-0.05, 0) is 21.0 Å². The van der Waals surface area contributed by atoms with Gasteiger partial charge in [0.25, 0.3) is 0 Å². The van der Waals surface area contributed by atoms with Crippen LogP contribution in [0.2, 0.25) is 0 Å². The maximum absolute atomic E-state index is 8.45. The normalized spacial score (nSPS) is 36.8. The van der Waals surface area contributed by atoms with Gasteiger partial charge in [-0.3, -0.25) is 4.90 Å². The molecule has 0 saturated carbocycles. The summed E-state index contributed by atoms with van der Waals surface area (Å²) in [6, 6.07) is 0. The summed E-state index contributed by atoms with van der Waals surface area (Å²) in [5, 5.41) is 11.6. The van der Waals surface area contributed by atoms with E-state index >= 15 is 0 Å². The lowest BCUT2D eigenvalue weighted by molar-refractivity contribution is 0.319. The third-order valence-electron chi connectivity index (χ3n) is 1.64. The highest BCUT2D eigenvalue weighted by atomic mass is 32.2.